The molecule has 0 saturated heterocycles. The first-order valence-corrected chi connectivity index (χ1v) is 2.06. The number of carbonyl (C=O) groups excluding carboxylic acids is 2. The van der Waals surface area contributed by atoms with Crippen LogP contribution in [-0.4, -0.2) is 11.9 Å². The Morgan fingerprint density at radius 3 is 2.20 bits per heavy atom. The summed E-state index contributed by atoms with van der Waals surface area (Å²) in [5, 5.41) is 9.60. The minimum atomic E-state index is -1.43. The summed E-state index contributed by atoms with van der Waals surface area (Å²) in [4.78, 5) is 19.7. The van der Waals surface area contributed by atoms with Crippen LogP contribution in [0.4, 0.5) is 0 Å². The normalized spacial score (nSPS) is 8.50. The summed E-state index contributed by atoms with van der Waals surface area (Å²) >= 11 is 0. The first-order valence-electron chi connectivity index (χ1n) is 2.06. The molecule has 0 aliphatic carbocycles. The first kappa shape index (κ1) is 12.9. The third kappa shape index (κ3) is 8.28. The van der Waals surface area contributed by atoms with E-state index in [1.165, 1.54) is 0 Å². The predicted octanol–water partition coefficient (Wildman–Crippen LogP) is -5.71. The van der Waals surface area contributed by atoms with Gasteiger partial charge in [0.15, 0.2) is 0 Å². The molecule has 0 radical (unpaired) electrons. The smallest absolute Gasteiger partial charge is 0.545 e. The van der Waals surface area contributed by atoms with E-state index in [9.17, 15) is 14.7 Å². The van der Waals surface area contributed by atoms with E-state index in [-0.39, 0.29) is 51.4 Å². The van der Waals surface area contributed by atoms with Crippen molar-refractivity contribution in [1.29, 1.82) is 0 Å². The number of amides is 1. The Balaban J connectivity index is 0. The van der Waals surface area contributed by atoms with Crippen molar-refractivity contribution in [2.24, 2.45) is 5.84 Å². The Morgan fingerprint density at radius 1 is 1.40 bits per heavy atom. The molecule has 0 saturated carbocycles. The predicted molar refractivity (Wildman–Crippen MR) is 26.5 cm³/mol. The number of hydrogen-bond acceptors (Lipinski definition) is 4. The van der Waals surface area contributed by atoms with Gasteiger partial charge in [0.25, 0.3) is 5.91 Å². The largest absolute Gasteiger partial charge is 1.00 e. The van der Waals surface area contributed by atoms with E-state index in [0.717, 1.165) is 6.08 Å². The fraction of sp³-hybridized carbons (Fsp3) is 0. The van der Waals surface area contributed by atoms with E-state index in [2.05, 4.69) is 5.84 Å². The third-order valence-corrected chi connectivity index (χ3v) is 0.513. The fourth-order valence-electron chi connectivity index (χ4n) is 0.192. The number of carbonyl (C=O) groups is 2. The number of carboxylic acids is 1. The van der Waals surface area contributed by atoms with E-state index >= 15 is 0 Å². The summed E-state index contributed by atoms with van der Waals surface area (Å²) < 4.78 is 0. The monoisotopic (exact) mass is 168 g/mol. The SMILES string of the molecule is NNC(=O)/C=C\C(=O)[O-].[K+]. The van der Waals surface area contributed by atoms with Crippen LogP contribution in [0.2, 0.25) is 0 Å². The van der Waals surface area contributed by atoms with Gasteiger partial charge in [-0.05, 0) is 6.08 Å². The Bertz CT molecular complexity index is 157. The summed E-state index contributed by atoms with van der Waals surface area (Å²) in [7, 11) is 0. The molecule has 0 aliphatic rings. The van der Waals surface area contributed by atoms with Crippen LogP contribution >= 0.6 is 0 Å². The number of nitrogens with two attached hydrogens (primary N) is 1. The van der Waals surface area contributed by atoms with Gasteiger partial charge in [0.2, 0.25) is 0 Å². The van der Waals surface area contributed by atoms with Crippen LogP contribution < -0.4 is 67.8 Å². The minimum absolute atomic E-state index is 0. The number of hydrazine groups is 1. The van der Waals surface area contributed by atoms with E-state index in [1.54, 1.807) is 5.43 Å². The molecule has 5 nitrogen and oxygen atoms in total. The van der Waals surface area contributed by atoms with E-state index in [1.807, 2.05) is 0 Å². The van der Waals surface area contributed by atoms with Crippen LogP contribution in [0.15, 0.2) is 12.2 Å². The van der Waals surface area contributed by atoms with Gasteiger partial charge in [-0.25, -0.2) is 5.84 Å². The molecule has 0 aliphatic heterocycles. The van der Waals surface area contributed by atoms with Crippen LogP contribution in [0.1, 0.15) is 0 Å². The maximum Gasteiger partial charge on any atom is 1.00 e. The van der Waals surface area contributed by atoms with Crippen LogP contribution in [0.25, 0.3) is 0 Å². The van der Waals surface area contributed by atoms with Gasteiger partial charge in [0, 0.05) is 6.08 Å². The molecule has 0 fully saturated rings. The number of carboxylic acid groups (broad SMARTS) is 1. The third-order valence-electron chi connectivity index (χ3n) is 0.513. The molecule has 10 heavy (non-hydrogen) atoms. The number of nitrogens with one attached hydrogen (secondary N) is 1. The maximum atomic E-state index is 10.1. The van der Waals surface area contributed by atoms with Gasteiger partial charge in [0.05, 0.1) is 5.97 Å². The zero-order valence-corrected chi connectivity index (χ0v) is 8.58. The van der Waals surface area contributed by atoms with Crippen molar-refractivity contribution in [1.82, 2.24) is 5.43 Å². The standard InChI is InChI=1S/C4H6N2O3.K/c5-6-3(7)1-2-4(8)9;/h1-2H,5H2,(H,6,7)(H,8,9);/q;+1/p-1/b2-1-;. The Hall–Kier alpha value is 0.276. The summed E-state index contributed by atoms with van der Waals surface area (Å²) in [5.74, 6) is 2.48. The molecule has 50 valence electrons. The molecular formula is C4H5KN2O3. The van der Waals surface area contributed by atoms with Crippen molar-refractivity contribution < 1.29 is 66.1 Å². The van der Waals surface area contributed by atoms with Crippen molar-refractivity contribution >= 4 is 11.9 Å². The molecule has 0 rings (SSSR count). The van der Waals surface area contributed by atoms with Gasteiger partial charge in [-0.15, -0.1) is 0 Å². The molecule has 0 unspecified atom stereocenters. The zero-order chi connectivity index (χ0) is 7.28. The van der Waals surface area contributed by atoms with Crippen LogP contribution in [-0.2, 0) is 9.59 Å². The summed E-state index contributed by atoms with van der Waals surface area (Å²) in [6.45, 7) is 0. The van der Waals surface area contributed by atoms with Gasteiger partial charge in [0.1, 0.15) is 0 Å². The second-order valence-electron chi connectivity index (χ2n) is 1.16. The molecule has 0 bridgehead atoms. The molecule has 0 aromatic rings. The Labute approximate surface area is 100 Å². The van der Waals surface area contributed by atoms with Crippen LogP contribution in [0.3, 0.4) is 0 Å². The second kappa shape index (κ2) is 7.38. The van der Waals surface area contributed by atoms with Crippen LogP contribution in [0.5, 0.6) is 0 Å². The number of aliphatic carboxylic acids is 1. The molecule has 0 spiro atoms. The average Bonchev–Trinajstić information content (AvgIpc) is 1.83. The van der Waals surface area contributed by atoms with E-state index in [0.29, 0.717) is 6.08 Å². The molecule has 0 aromatic carbocycles. The van der Waals surface area contributed by atoms with E-state index in [4.69, 9.17) is 0 Å². The molecular weight excluding hydrogens is 163 g/mol. The molecule has 0 heterocycles. The molecule has 6 heteroatoms. The quantitative estimate of drug-likeness (QED) is 0.141. The minimum Gasteiger partial charge on any atom is -0.545 e. The fourth-order valence-corrected chi connectivity index (χ4v) is 0.192. The molecule has 0 atom stereocenters. The van der Waals surface area contributed by atoms with Crippen molar-refractivity contribution in [3.63, 3.8) is 0 Å². The Kier molecular flexibility index (Phi) is 9.53. The van der Waals surface area contributed by atoms with Crippen molar-refractivity contribution in [2.45, 2.75) is 0 Å². The van der Waals surface area contributed by atoms with Crippen LogP contribution in [0, 0.1) is 0 Å². The van der Waals surface area contributed by atoms with Crippen molar-refractivity contribution in [3.05, 3.63) is 12.2 Å². The van der Waals surface area contributed by atoms with Gasteiger partial charge in [-0.2, -0.15) is 0 Å². The van der Waals surface area contributed by atoms with E-state index < -0.39 is 11.9 Å². The van der Waals surface area contributed by atoms with Gasteiger partial charge in [-0.1, -0.05) is 0 Å². The zero-order valence-electron chi connectivity index (χ0n) is 5.46. The maximum absolute atomic E-state index is 10.1. The topological polar surface area (TPSA) is 95.2 Å². The second-order valence-corrected chi connectivity index (χ2v) is 1.16. The summed E-state index contributed by atoms with van der Waals surface area (Å²) in [6.07, 6.45) is 1.34. The average molecular weight is 168 g/mol. The van der Waals surface area contributed by atoms with Crippen molar-refractivity contribution in [2.75, 3.05) is 0 Å². The molecule has 0 aromatic heterocycles. The molecule has 3 N–H and O–H groups in total. The van der Waals surface area contributed by atoms with Gasteiger partial charge in [-0.3, -0.25) is 10.2 Å². The first-order chi connectivity index (χ1) is 4.16. The summed E-state index contributed by atoms with van der Waals surface area (Å²) in [5.41, 5.74) is 1.70. The number of rotatable bonds is 2. The van der Waals surface area contributed by atoms with Gasteiger partial charge >= 0.3 is 51.4 Å². The number of hydrogen-bond donors (Lipinski definition) is 2. The van der Waals surface area contributed by atoms with Gasteiger partial charge < -0.3 is 9.90 Å². The van der Waals surface area contributed by atoms with Crippen molar-refractivity contribution in [3.8, 4) is 0 Å². The Morgan fingerprint density at radius 2 is 1.90 bits per heavy atom. The molecule has 1 amide bonds. The summed E-state index contributed by atoms with van der Waals surface area (Å²) in [6, 6.07) is 0.